The molecule has 1 aromatic carbocycles. The maximum Gasteiger partial charge on any atom is 0.209 e. The highest BCUT2D eigenvalue weighted by Crippen LogP contribution is 2.24. The quantitative estimate of drug-likeness (QED) is 0.708. The molecule has 76 valence electrons. The van der Waals surface area contributed by atoms with Crippen LogP contribution in [0.3, 0.4) is 0 Å². The summed E-state index contributed by atoms with van der Waals surface area (Å²) in [5.74, 6) is -0.435. The second-order valence-corrected chi connectivity index (χ2v) is 3.14. The lowest BCUT2D eigenvalue weighted by molar-refractivity contribution is 0.0979. The van der Waals surface area contributed by atoms with Crippen molar-refractivity contribution in [3.63, 3.8) is 0 Å². The predicted octanol–water partition coefficient (Wildman–Crippen LogP) is 2.68. The van der Waals surface area contributed by atoms with Crippen LogP contribution in [-0.4, -0.2) is 10.9 Å². The van der Waals surface area contributed by atoms with Crippen LogP contribution in [-0.2, 0) is 0 Å². The molecule has 2 rings (SSSR count). The van der Waals surface area contributed by atoms with Gasteiger partial charge in [0.2, 0.25) is 5.76 Å². The number of benzene rings is 1. The van der Waals surface area contributed by atoms with Crippen LogP contribution >= 0.6 is 0 Å². The van der Waals surface area contributed by atoms with Gasteiger partial charge in [0.05, 0.1) is 11.8 Å². The number of nitrogens with zero attached hydrogens (tertiary/aromatic N) is 1. The van der Waals surface area contributed by atoms with Gasteiger partial charge in [-0.15, -0.1) is 0 Å². The van der Waals surface area contributed by atoms with Gasteiger partial charge in [-0.25, -0.2) is 4.39 Å². The fourth-order valence-electron chi connectivity index (χ4n) is 1.36. The summed E-state index contributed by atoms with van der Waals surface area (Å²) in [6.07, 6.45) is 1.41. The molecule has 0 aliphatic heterocycles. The molecule has 0 amide bonds. The molecule has 0 aliphatic rings. The van der Waals surface area contributed by atoms with Crippen LogP contribution < -0.4 is 0 Å². The van der Waals surface area contributed by atoms with E-state index in [0.717, 1.165) is 0 Å². The van der Waals surface area contributed by atoms with E-state index < -0.39 is 0 Å². The predicted molar refractivity (Wildman–Crippen MR) is 51.9 cm³/mol. The van der Waals surface area contributed by atoms with E-state index >= 15 is 0 Å². The van der Waals surface area contributed by atoms with Gasteiger partial charge in [-0.05, 0) is 17.7 Å². The Morgan fingerprint density at radius 3 is 2.93 bits per heavy atom. The number of halogens is 1. The second kappa shape index (κ2) is 3.65. The Kier molecular flexibility index (Phi) is 2.33. The molecule has 0 fully saturated rings. The molecule has 15 heavy (non-hydrogen) atoms. The van der Waals surface area contributed by atoms with Crippen LogP contribution in [0.25, 0.3) is 11.1 Å². The first-order valence-electron chi connectivity index (χ1n) is 4.40. The van der Waals surface area contributed by atoms with Crippen molar-refractivity contribution in [1.82, 2.24) is 5.16 Å². The van der Waals surface area contributed by atoms with Crippen molar-refractivity contribution in [2.45, 2.75) is 6.92 Å². The number of hydrogen-bond acceptors (Lipinski definition) is 3. The lowest BCUT2D eigenvalue weighted by Gasteiger charge is -1.98. The summed E-state index contributed by atoms with van der Waals surface area (Å²) in [6.45, 7) is 1.38. The Labute approximate surface area is 85.5 Å². The molecule has 1 aromatic heterocycles. The van der Waals surface area contributed by atoms with Crippen LogP contribution in [0.1, 0.15) is 17.5 Å². The highest BCUT2D eigenvalue weighted by atomic mass is 19.1. The van der Waals surface area contributed by atoms with E-state index in [2.05, 4.69) is 5.16 Å². The first kappa shape index (κ1) is 9.58. The highest BCUT2D eigenvalue weighted by Gasteiger charge is 2.14. The first-order chi connectivity index (χ1) is 7.18. The van der Waals surface area contributed by atoms with Crippen LogP contribution in [0.2, 0.25) is 0 Å². The van der Waals surface area contributed by atoms with Gasteiger partial charge >= 0.3 is 0 Å². The van der Waals surface area contributed by atoms with Crippen molar-refractivity contribution in [3.05, 3.63) is 42.0 Å². The van der Waals surface area contributed by atoms with Gasteiger partial charge in [0, 0.05) is 6.92 Å². The number of Topliss-reactive ketones (excluding diaryl/α,β-unsaturated/α-hetero) is 1. The number of aromatic nitrogens is 1. The zero-order chi connectivity index (χ0) is 10.8. The summed E-state index contributed by atoms with van der Waals surface area (Å²) in [7, 11) is 0. The zero-order valence-electron chi connectivity index (χ0n) is 8.03. The summed E-state index contributed by atoms with van der Waals surface area (Å²) in [5.41, 5.74) is 1.10. The van der Waals surface area contributed by atoms with Crippen LogP contribution in [0.5, 0.6) is 0 Å². The van der Waals surface area contributed by atoms with Gasteiger partial charge in [-0.1, -0.05) is 17.3 Å². The SMILES string of the molecule is CC(=O)c1oncc1-c1cccc(F)c1. The van der Waals surface area contributed by atoms with Gasteiger partial charge in [-0.2, -0.15) is 0 Å². The summed E-state index contributed by atoms with van der Waals surface area (Å²) in [5, 5.41) is 3.53. The molecule has 3 nitrogen and oxygen atoms in total. The maximum atomic E-state index is 13.0. The number of ketones is 1. The molecule has 2 aromatic rings. The topological polar surface area (TPSA) is 43.1 Å². The van der Waals surface area contributed by atoms with E-state index in [1.54, 1.807) is 12.1 Å². The smallest absolute Gasteiger partial charge is 0.209 e. The minimum absolute atomic E-state index is 0.153. The van der Waals surface area contributed by atoms with Crippen molar-refractivity contribution < 1.29 is 13.7 Å². The minimum atomic E-state index is -0.358. The fourth-order valence-corrected chi connectivity index (χ4v) is 1.36. The van der Waals surface area contributed by atoms with Gasteiger partial charge < -0.3 is 4.52 Å². The Bertz CT molecular complexity index is 505. The molecular weight excluding hydrogens is 197 g/mol. The summed E-state index contributed by atoms with van der Waals surface area (Å²) < 4.78 is 17.8. The summed E-state index contributed by atoms with van der Waals surface area (Å²) in [4.78, 5) is 11.2. The van der Waals surface area contributed by atoms with Crippen LogP contribution in [0.15, 0.2) is 35.0 Å². The van der Waals surface area contributed by atoms with Gasteiger partial charge in [0.25, 0.3) is 0 Å². The van der Waals surface area contributed by atoms with Crippen molar-refractivity contribution in [1.29, 1.82) is 0 Å². The van der Waals surface area contributed by atoms with E-state index in [1.807, 2.05) is 0 Å². The molecule has 0 radical (unpaired) electrons. The van der Waals surface area contributed by atoms with Gasteiger partial charge in [0.15, 0.2) is 5.78 Å². The second-order valence-electron chi connectivity index (χ2n) is 3.14. The number of carbonyl (C=O) groups excluding carboxylic acids is 1. The normalized spacial score (nSPS) is 10.3. The molecule has 0 saturated heterocycles. The Balaban J connectivity index is 2.54. The third-order valence-corrected chi connectivity index (χ3v) is 2.03. The molecule has 1 heterocycles. The maximum absolute atomic E-state index is 13.0. The summed E-state index contributed by atoms with van der Waals surface area (Å²) in [6, 6.07) is 5.94. The van der Waals surface area contributed by atoms with Crippen molar-refractivity contribution in [3.8, 4) is 11.1 Å². The number of rotatable bonds is 2. The Morgan fingerprint density at radius 2 is 2.27 bits per heavy atom. The lowest BCUT2D eigenvalue weighted by atomic mass is 10.1. The monoisotopic (exact) mass is 205 g/mol. The van der Waals surface area contributed by atoms with Crippen LogP contribution in [0.4, 0.5) is 4.39 Å². The van der Waals surface area contributed by atoms with Crippen LogP contribution in [0, 0.1) is 5.82 Å². The van der Waals surface area contributed by atoms with E-state index in [0.29, 0.717) is 11.1 Å². The Morgan fingerprint density at radius 1 is 1.47 bits per heavy atom. The van der Waals surface area contributed by atoms with Crippen molar-refractivity contribution in [2.75, 3.05) is 0 Å². The van der Waals surface area contributed by atoms with E-state index in [9.17, 15) is 9.18 Å². The number of carbonyl (C=O) groups is 1. The van der Waals surface area contributed by atoms with Crippen molar-refractivity contribution >= 4 is 5.78 Å². The highest BCUT2D eigenvalue weighted by molar-refractivity contribution is 5.97. The summed E-state index contributed by atoms with van der Waals surface area (Å²) >= 11 is 0. The molecule has 0 N–H and O–H groups in total. The third-order valence-electron chi connectivity index (χ3n) is 2.03. The first-order valence-corrected chi connectivity index (χ1v) is 4.40. The standard InChI is InChI=1S/C11H8FNO2/c1-7(14)11-10(6-13-15-11)8-3-2-4-9(12)5-8/h2-6H,1H3. The molecular formula is C11H8FNO2. The van der Waals surface area contributed by atoms with E-state index in [4.69, 9.17) is 4.52 Å². The van der Waals surface area contributed by atoms with Gasteiger partial charge in [-0.3, -0.25) is 4.79 Å². The minimum Gasteiger partial charge on any atom is -0.352 e. The molecule has 0 atom stereocenters. The molecule has 0 saturated carbocycles. The van der Waals surface area contributed by atoms with Crippen molar-refractivity contribution in [2.24, 2.45) is 0 Å². The van der Waals surface area contributed by atoms with E-state index in [1.165, 1.54) is 25.3 Å². The lowest BCUT2D eigenvalue weighted by Crippen LogP contribution is -1.91. The molecule has 0 spiro atoms. The molecule has 0 unspecified atom stereocenters. The fraction of sp³-hybridized carbons (Fsp3) is 0.0909. The average molecular weight is 205 g/mol. The van der Waals surface area contributed by atoms with Gasteiger partial charge in [0.1, 0.15) is 5.82 Å². The van der Waals surface area contributed by atoms with E-state index in [-0.39, 0.29) is 17.4 Å². The Hall–Kier alpha value is -1.97. The third kappa shape index (κ3) is 1.79. The zero-order valence-corrected chi connectivity index (χ0v) is 8.03. The number of hydrogen-bond donors (Lipinski definition) is 0. The average Bonchev–Trinajstić information content (AvgIpc) is 2.65. The molecule has 0 aliphatic carbocycles. The molecule has 0 bridgehead atoms. The largest absolute Gasteiger partial charge is 0.352 e. The molecule has 4 heteroatoms.